The van der Waals surface area contributed by atoms with Crippen molar-refractivity contribution in [2.75, 3.05) is 5.73 Å². The zero-order valence-electron chi connectivity index (χ0n) is 15.3. The van der Waals surface area contributed by atoms with E-state index in [0.717, 1.165) is 36.3 Å². The van der Waals surface area contributed by atoms with E-state index >= 15 is 0 Å². The Morgan fingerprint density at radius 3 is 1.85 bits per heavy atom. The molecule has 1 heterocycles. The van der Waals surface area contributed by atoms with Crippen LogP contribution in [0.25, 0.3) is 11.3 Å². The monoisotopic (exact) mass is 353 g/mol. The Morgan fingerprint density at radius 2 is 1.22 bits per heavy atom. The number of benzene rings is 3. The number of hydrogen-bond donors (Lipinski definition) is 1. The fraction of sp³-hybridized carbons (Fsp3) is 0.125. The van der Waals surface area contributed by atoms with Crippen LogP contribution < -0.4 is 5.73 Å². The molecule has 0 atom stereocenters. The Labute approximate surface area is 160 Å². The molecule has 0 aliphatic rings. The van der Waals surface area contributed by atoms with E-state index in [1.807, 2.05) is 18.2 Å². The minimum absolute atomic E-state index is 0.570. The first kappa shape index (κ1) is 17.1. The largest absolute Gasteiger partial charge is 0.369 e. The molecular weight excluding hydrogens is 330 g/mol. The topological polar surface area (TPSA) is 43.8 Å². The van der Waals surface area contributed by atoms with Gasteiger partial charge in [0.25, 0.3) is 0 Å². The quantitative estimate of drug-likeness (QED) is 0.532. The number of anilines is 1. The molecule has 0 bridgehead atoms. The van der Waals surface area contributed by atoms with Gasteiger partial charge in [0.1, 0.15) is 0 Å². The van der Waals surface area contributed by atoms with Crippen molar-refractivity contribution in [3.63, 3.8) is 0 Å². The third-order valence-electron chi connectivity index (χ3n) is 4.79. The molecule has 0 spiro atoms. The summed E-state index contributed by atoms with van der Waals surface area (Å²) in [6, 6.07) is 31.3. The summed E-state index contributed by atoms with van der Waals surface area (Å²) in [5, 5.41) is 0. The van der Waals surface area contributed by atoms with Crippen LogP contribution in [0.3, 0.4) is 0 Å². The highest BCUT2D eigenvalue weighted by Crippen LogP contribution is 2.28. The van der Waals surface area contributed by atoms with Gasteiger partial charge in [0.05, 0.1) is 17.9 Å². The second-order valence-electron chi connectivity index (χ2n) is 6.69. The molecule has 0 radical (unpaired) electrons. The summed E-state index contributed by atoms with van der Waals surface area (Å²) in [4.78, 5) is 4.74. The van der Waals surface area contributed by atoms with E-state index < -0.39 is 0 Å². The molecule has 27 heavy (non-hydrogen) atoms. The minimum atomic E-state index is 0.570. The summed E-state index contributed by atoms with van der Waals surface area (Å²) in [5.74, 6) is 0.570. The number of nitrogens with two attached hydrogens (primary N) is 1. The summed E-state index contributed by atoms with van der Waals surface area (Å²) in [6.45, 7) is 0.717. The number of imidazole rings is 1. The highest BCUT2D eigenvalue weighted by molar-refractivity contribution is 5.65. The molecule has 0 saturated carbocycles. The first-order valence-corrected chi connectivity index (χ1v) is 9.29. The van der Waals surface area contributed by atoms with Gasteiger partial charge >= 0.3 is 0 Å². The van der Waals surface area contributed by atoms with Crippen LogP contribution in [0.2, 0.25) is 0 Å². The summed E-state index contributed by atoms with van der Waals surface area (Å²) in [6.07, 6.45) is 1.81. The molecular formula is C24H23N3. The fourth-order valence-corrected chi connectivity index (χ4v) is 3.45. The lowest BCUT2D eigenvalue weighted by Crippen LogP contribution is -2.06. The lowest BCUT2D eigenvalue weighted by Gasteiger charge is -2.12. The maximum absolute atomic E-state index is 6.35. The molecule has 0 saturated heterocycles. The number of aromatic nitrogens is 2. The third kappa shape index (κ3) is 3.93. The summed E-state index contributed by atoms with van der Waals surface area (Å²) in [5.41, 5.74) is 12.2. The molecule has 3 heteroatoms. The molecule has 134 valence electrons. The van der Waals surface area contributed by atoms with Gasteiger partial charge < -0.3 is 10.3 Å². The third-order valence-corrected chi connectivity index (χ3v) is 4.79. The lowest BCUT2D eigenvalue weighted by molar-refractivity contribution is 0.816. The summed E-state index contributed by atoms with van der Waals surface area (Å²) in [7, 11) is 0. The van der Waals surface area contributed by atoms with Crippen LogP contribution in [0.5, 0.6) is 0 Å². The van der Waals surface area contributed by atoms with E-state index in [4.69, 9.17) is 10.7 Å². The Kier molecular flexibility index (Phi) is 5.01. The van der Waals surface area contributed by atoms with Crippen LogP contribution in [0.15, 0.2) is 91.0 Å². The average molecular weight is 353 g/mol. The van der Waals surface area contributed by atoms with Crippen molar-refractivity contribution in [3.05, 3.63) is 108 Å². The maximum atomic E-state index is 6.35. The van der Waals surface area contributed by atoms with Crippen molar-refractivity contribution in [2.24, 2.45) is 0 Å². The number of hydrogen-bond acceptors (Lipinski definition) is 2. The predicted molar refractivity (Wildman–Crippen MR) is 111 cm³/mol. The SMILES string of the molecule is Nc1nc(CCc2ccccc2)c(-c2ccccc2)n1Cc1ccccc1. The van der Waals surface area contributed by atoms with Gasteiger partial charge in [-0.05, 0) is 24.0 Å². The minimum Gasteiger partial charge on any atom is -0.369 e. The van der Waals surface area contributed by atoms with Gasteiger partial charge in [-0.25, -0.2) is 4.98 Å². The molecule has 4 aromatic rings. The second-order valence-corrected chi connectivity index (χ2v) is 6.69. The summed E-state index contributed by atoms with van der Waals surface area (Å²) < 4.78 is 2.13. The highest BCUT2D eigenvalue weighted by Gasteiger charge is 2.17. The van der Waals surface area contributed by atoms with Crippen molar-refractivity contribution in [2.45, 2.75) is 19.4 Å². The molecule has 3 aromatic carbocycles. The highest BCUT2D eigenvalue weighted by atomic mass is 15.2. The van der Waals surface area contributed by atoms with Crippen LogP contribution in [0.1, 0.15) is 16.8 Å². The molecule has 3 nitrogen and oxygen atoms in total. The zero-order valence-corrected chi connectivity index (χ0v) is 15.3. The van der Waals surface area contributed by atoms with Crippen molar-refractivity contribution in [3.8, 4) is 11.3 Å². The van der Waals surface area contributed by atoms with E-state index in [2.05, 4.69) is 77.4 Å². The normalized spacial score (nSPS) is 10.8. The van der Waals surface area contributed by atoms with Crippen molar-refractivity contribution in [1.82, 2.24) is 9.55 Å². The first-order valence-electron chi connectivity index (χ1n) is 9.29. The number of aryl methyl sites for hydroxylation is 2. The molecule has 2 N–H and O–H groups in total. The summed E-state index contributed by atoms with van der Waals surface area (Å²) >= 11 is 0. The van der Waals surface area contributed by atoms with Crippen LogP contribution in [-0.4, -0.2) is 9.55 Å². The number of rotatable bonds is 6. The van der Waals surface area contributed by atoms with Crippen LogP contribution in [0, 0.1) is 0 Å². The number of nitrogens with zero attached hydrogens (tertiary/aromatic N) is 2. The second kappa shape index (κ2) is 7.92. The Morgan fingerprint density at radius 1 is 0.667 bits per heavy atom. The van der Waals surface area contributed by atoms with Gasteiger partial charge in [0.15, 0.2) is 0 Å². The van der Waals surface area contributed by atoms with Crippen LogP contribution >= 0.6 is 0 Å². The van der Waals surface area contributed by atoms with Crippen molar-refractivity contribution < 1.29 is 0 Å². The van der Waals surface area contributed by atoms with E-state index in [9.17, 15) is 0 Å². The van der Waals surface area contributed by atoms with E-state index in [1.54, 1.807) is 0 Å². The molecule has 4 rings (SSSR count). The zero-order chi connectivity index (χ0) is 18.5. The predicted octanol–water partition coefficient (Wildman–Crippen LogP) is 4.97. The molecule has 0 aliphatic heterocycles. The molecule has 1 aromatic heterocycles. The first-order chi connectivity index (χ1) is 13.3. The maximum Gasteiger partial charge on any atom is 0.201 e. The van der Waals surface area contributed by atoms with E-state index in [1.165, 1.54) is 11.1 Å². The molecule has 0 fully saturated rings. The van der Waals surface area contributed by atoms with Gasteiger partial charge in [0, 0.05) is 5.56 Å². The number of nitrogen functional groups attached to an aromatic ring is 1. The van der Waals surface area contributed by atoms with Gasteiger partial charge in [-0.1, -0.05) is 91.0 Å². The van der Waals surface area contributed by atoms with Gasteiger partial charge in [-0.3, -0.25) is 0 Å². The standard InChI is InChI=1S/C24H23N3/c25-24-26-22(17-16-19-10-4-1-5-11-19)23(21-14-8-3-9-15-21)27(24)18-20-12-6-2-7-13-20/h1-15H,16-18H2,(H2,25,26). The van der Waals surface area contributed by atoms with Gasteiger partial charge in [-0.2, -0.15) is 0 Å². The fourth-order valence-electron chi connectivity index (χ4n) is 3.45. The van der Waals surface area contributed by atoms with Gasteiger partial charge in [-0.15, -0.1) is 0 Å². The lowest BCUT2D eigenvalue weighted by atomic mass is 10.0. The van der Waals surface area contributed by atoms with E-state index in [0.29, 0.717) is 5.95 Å². The van der Waals surface area contributed by atoms with Crippen molar-refractivity contribution in [1.29, 1.82) is 0 Å². The van der Waals surface area contributed by atoms with E-state index in [-0.39, 0.29) is 0 Å². The Bertz CT molecular complexity index is 990. The van der Waals surface area contributed by atoms with Gasteiger partial charge in [0.2, 0.25) is 5.95 Å². The van der Waals surface area contributed by atoms with Crippen molar-refractivity contribution >= 4 is 5.95 Å². The smallest absolute Gasteiger partial charge is 0.201 e. The molecule has 0 amide bonds. The van der Waals surface area contributed by atoms with Crippen LogP contribution in [0.4, 0.5) is 5.95 Å². The molecule has 0 aliphatic carbocycles. The van der Waals surface area contributed by atoms with Crippen LogP contribution in [-0.2, 0) is 19.4 Å². The molecule has 0 unspecified atom stereocenters. The Hall–Kier alpha value is -3.33. The average Bonchev–Trinajstić information content (AvgIpc) is 3.04. The Balaban J connectivity index is 1.71.